The van der Waals surface area contributed by atoms with E-state index in [0.29, 0.717) is 38.3 Å². The van der Waals surface area contributed by atoms with E-state index in [4.69, 9.17) is 20.8 Å². The lowest BCUT2D eigenvalue weighted by Crippen LogP contribution is -2.28. The molecule has 43 heavy (non-hydrogen) atoms. The molecule has 13 heteroatoms. The second kappa shape index (κ2) is 13.4. The van der Waals surface area contributed by atoms with Crippen LogP contribution >= 0.6 is 11.6 Å². The average Bonchev–Trinajstić information content (AvgIpc) is 3.32. The maximum Gasteiger partial charge on any atom is 0.437 e. The lowest BCUT2D eigenvalue weighted by molar-refractivity contribution is -0.141. The molecule has 0 unspecified atom stereocenters. The highest BCUT2D eigenvalue weighted by atomic mass is 35.5. The Bertz CT molecular complexity index is 1610. The van der Waals surface area contributed by atoms with Crippen LogP contribution in [0.4, 0.5) is 23.8 Å². The normalized spacial score (nSPS) is 11.5. The minimum atomic E-state index is -4.92. The maximum absolute atomic E-state index is 13.8. The number of hydrogen-bond donors (Lipinski definition) is 2. The van der Waals surface area contributed by atoms with Crippen molar-refractivity contribution < 1.29 is 31.9 Å². The predicted octanol–water partition coefficient (Wildman–Crippen LogP) is 7.80. The van der Waals surface area contributed by atoms with E-state index in [2.05, 4.69) is 25.6 Å². The number of nitrogens with zero attached hydrogens (tertiary/aromatic N) is 3. The summed E-state index contributed by atoms with van der Waals surface area (Å²) in [6.45, 7) is 12.4. The number of fused-ring (bicyclic) bond motifs is 1. The van der Waals surface area contributed by atoms with Crippen LogP contribution in [-0.4, -0.2) is 32.6 Å². The Labute approximate surface area is 252 Å². The average molecular weight is 620 g/mol. The van der Waals surface area contributed by atoms with E-state index in [1.165, 1.54) is 6.20 Å². The van der Waals surface area contributed by atoms with Gasteiger partial charge >= 0.3 is 12.3 Å². The van der Waals surface area contributed by atoms with E-state index >= 15 is 0 Å². The van der Waals surface area contributed by atoms with Gasteiger partial charge in [0.05, 0.1) is 10.5 Å². The predicted molar refractivity (Wildman–Crippen MR) is 157 cm³/mol. The molecular weight excluding hydrogens is 587 g/mol. The largest absolute Gasteiger partial charge is 0.444 e. The summed E-state index contributed by atoms with van der Waals surface area (Å²) in [7, 11) is 0. The molecule has 3 heterocycles. The first-order valence-corrected chi connectivity index (χ1v) is 13.8. The van der Waals surface area contributed by atoms with Gasteiger partial charge in [-0.2, -0.15) is 13.2 Å². The smallest absolute Gasteiger partial charge is 0.437 e. The first-order chi connectivity index (χ1) is 20.1. The number of anilines is 1. The van der Waals surface area contributed by atoms with E-state index in [1.54, 1.807) is 65.0 Å². The fourth-order valence-electron chi connectivity index (χ4n) is 4.07. The van der Waals surface area contributed by atoms with Gasteiger partial charge in [0.25, 0.3) is 5.91 Å². The quantitative estimate of drug-likeness (QED) is 0.226. The molecule has 4 rings (SSSR count). The number of hydrogen-bond acceptors (Lipinski definition) is 7. The van der Waals surface area contributed by atoms with Crippen molar-refractivity contribution >= 4 is 40.3 Å². The fourth-order valence-corrected chi connectivity index (χ4v) is 4.24. The molecule has 0 aliphatic heterocycles. The van der Waals surface area contributed by atoms with Crippen molar-refractivity contribution in [2.75, 3.05) is 5.32 Å². The van der Waals surface area contributed by atoms with Crippen LogP contribution in [0.25, 0.3) is 10.9 Å². The molecule has 0 bridgehead atoms. The Morgan fingerprint density at radius 2 is 1.74 bits per heavy atom. The number of alkyl halides is 3. The van der Waals surface area contributed by atoms with Gasteiger partial charge in [-0.1, -0.05) is 31.5 Å². The Hall–Kier alpha value is -4.19. The molecule has 0 fully saturated rings. The van der Waals surface area contributed by atoms with Crippen molar-refractivity contribution in [3.05, 3.63) is 81.3 Å². The molecule has 0 aliphatic carbocycles. The number of pyridine rings is 2. The van der Waals surface area contributed by atoms with Gasteiger partial charge in [0.2, 0.25) is 5.76 Å². The second-order valence-corrected chi connectivity index (χ2v) is 10.8. The van der Waals surface area contributed by atoms with E-state index in [9.17, 15) is 22.8 Å². The van der Waals surface area contributed by atoms with Gasteiger partial charge in [-0.25, -0.2) is 14.8 Å². The van der Waals surface area contributed by atoms with E-state index in [1.807, 2.05) is 13.8 Å². The van der Waals surface area contributed by atoms with Crippen LogP contribution in [0, 0.1) is 13.8 Å². The third-order valence-electron chi connectivity index (χ3n) is 5.82. The topological polar surface area (TPSA) is 119 Å². The molecule has 0 saturated carbocycles. The maximum atomic E-state index is 13.8. The summed E-state index contributed by atoms with van der Waals surface area (Å²) in [6, 6.07) is 8.35. The van der Waals surface area contributed by atoms with Gasteiger partial charge in [0, 0.05) is 30.2 Å². The van der Waals surface area contributed by atoms with E-state index < -0.39 is 35.2 Å². The number of carbonyl (C=O) groups excluding carboxylic acids is 2. The lowest BCUT2D eigenvalue weighted by atomic mass is 10.1. The number of amides is 2. The van der Waals surface area contributed by atoms with Crippen molar-refractivity contribution in [3.8, 4) is 0 Å². The van der Waals surface area contributed by atoms with Crippen LogP contribution in [-0.2, 0) is 23.9 Å². The number of halogens is 4. The Balaban J connectivity index is 0.00000248. The number of ether oxygens (including phenoxy) is 1. The molecule has 9 nitrogen and oxygen atoms in total. The Morgan fingerprint density at radius 3 is 2.37 bits per heavy atom. The van der Waals surface area contributed by atoms with Crippen molar-refractivity contribution in [2.45, 2.75) is 73.2 Å². The molecule has 1 aromatic carbocycles. The number of aromatic nitrogens is 3. The summed E-state index contributed by atoms with van der Waals surface area (Å²) in [4.78, 5) is 37.0. The number of benzene rings is 1. The molecule has 0 spiro atoms. The summed E-state index contributed by atoms with van der Waals surface area (Å²) >= 11 is 5.99. The highest BCUT2D eigenvalue weighted by molar-refractivity contribution is 6.31. The summed E-state index contributed by atoms with van der Waals surface area (Å²) in [5, 5.41) is 6.11. The third-order valence-corrected chi connectivity index (χ3v) is 6.03. The van der Waals surface area contributed by atoms with Crippen LogP contribution in [0.5, 0.6) is 0 Å². The summed E-state index contributed by atoms with van der Waals surface area (Å²) < 4.78 is 51.9. The zero-order valence-corrected chi connectivity index (χ0v) is 25.6. The highest BCUT2D eigenvalue weighted by Gasteiger charge is 2.41. The van der Waals surface area contributed by atoms with E-state index in [-0.39, 0.29) is 24.7 Å². The molecule has 4 aromatic rings. The highest BCUT2D eigenvalue weighted by Crippen LogP contribution is 2.33. The van der Waals surface area contributed by atoms with Gasteiger partial charge in [-0.3, -0.25) is 15.1 Å². The minimum absolute atomic E-state index is 0.0902. The molecule has 0 aliphatic rings. The van der Waals surface area contributed by atoms with Gasteiger partial charge in [0.15, 0.2) is 11.6 Å². The van der Waals surface area contributed by atoms with Gasteiger partial charge < -0.3 is 14.5 Å². The summed E-state index contributed by atoms with van der Waals surface area (Å²) in [5.41, 5.74) is 0.802. The van der Waals surface area contributed by atoms with Gasteiger partial charge in [0.1, 0.15) is 11.4 Å². The molecule has 3 aromatic heterocycles. The first kappa shape index (κ1) is 33.3. The van der Waals surface area contributed by atoms with Crippen molar-refractivity contribution in [2.24, 2.45) is 0 Å². The van der Waals surface area contributed by atoms with Crippen LogP contribution < -0.4 is 10.6 Å². The van der Waals surface area contributed by atoms with Gasteiger partial charge in [-0.15, -0.1) is 0 Å². The SMILES string of the molecule is CC.Cc1cc(NC(=O)OC(C)(C)C)nc(C)c1CNC(=O)c1oc(Cc2ccc3ncc(Cl)cc3c2)nc1C(F)(F)F. The monoisotopic (exact) mass is 619 g/mol. The number of rotatable bonds is 6. The standard InChI is InChI=1S/C28H27ClF3N5O4.C2H6/c1-14-8-21(36-26(39)41-27(3,4)5)35-15(2)19(14)13-34-25(38)23-24(28(30,31)32)37-22(40-23)10-16-6-7-20-17(9-16)11-18(29)12-33-20;1-2/h6-9,11-12H,10,13H2,1-5H3,(H,34,38)(H,35,36,39);1-2H3. The first-order valence-electron chi connectivity index (χ1n) is 13.5. The lowest BCUT2D eigenvalue weighted by Gasteiger charge is -2.20. The van der Waals surface area contributed by atoms with Crippen LogP contribution in [0.1, 0.15) is 79.1 Å². The molecule has 0 saturated heterocycles. The second-order valence-electron chi connectivity index (χ2n) is 10.3. The number of nitrogens with one attached hydrogen (secondary N) is 2. The van der Waals surface area contributed by atoms with Crippen molar-refractivity contribution in [3.63, 3.8) is 0 Å². The van der Waals surface area contributed by atoms with Crippen molar-refractivity contribution in [1.29, 1.82) is 0 Å². The number of aryl methyl sites for hydroxylation is 2. The van der Waals surface area contributed by atoms with E-state index in [0.717, 1.165) is 0 Å². The van der Waals surface area contributed by atoms with Gasteiger partial charge in [-0.05, 0) is 75.6 Å². The fraction of sp³-hybridized carbons (Fsp3) is 0.367. The van der Waals surface area contributed by atoms with Crippen molar-refractivity contribution in [1.82, 2.24) is 20.3 Å². The Morgan fingerprint density at radius 1 is 1.05 bits per heavy atom. The molecule has 0 atom stereocenters. The molecular formula is C30H33ClF3N5O4. The summed E-state index contributed by atoms with van der Waals surface area (Å²) in [6.07, 6.45) is -4.20. The minimum Gasteiger partial charge on any atom is -0.444 e. The summed E-state index contributed by atoms with van der Waals surface area (Å²) in [5.74, 6) is -2.07. The number of oxazole rings is 1. The third kappa shape index (κ3) is 8.90. The van der Waals surface area contributed by atoms with Crippen LogP contribution in [0.2, 0.25) is 5.02 Å². The zero-order valence-electron chi connectivity index (χ0n) is 24.9. The number of carbonyl (C=O) groups is 2. The molecule has 2 N–H and O–H groups in total. The molecule has 0 radical (unpaired) electrons. The molecule has 2 amide bonds. The van der Waals surface area contributed by atoms with Crippen LogP contribution in [0.15, 0.2) is 40.9 Å². The van der Waals surface area contributed by atoms with Crippen LogP contribution in [0.3, 0.4) is 0 Å². The zero-order chi connectivity index (χ0) is 32.1. The Kier molecular flexibility index (Phi) is 10.4. The molecule has 230 valence electrons.